The van der Waals surface area contributed by atoms with Crippen molar-refractivity contribution in [1.29, 1.82) is 0 Å². The molecule has 0 aromatic carbocycles. The Morgan fingerprint density at radius 3 is 1.32 bits per heavy atom. The summed E-state index contributed by atoms with van der Waals surface area (Å²) in [6.45, 7) is -0.863. The van der Waals surface area contributed by atoms with Crippen LogP contribution in [0.25, 0.3) is 0 Å². The SMILES string of the molecule is O=C([O-])C(O)C(O)C(=O)O.O=C([O-])C(O)C(O)C(O)C(O)CO.[K+].[Na+]. The van der Waals surface area contributed by atoms with Gasteiger partial charge in [0.05, 0.1) is 18.5 Å². The molecule has 13 nitrogen and oxygen atoms in total. The van der Waals surface area contributed by atoms with Gasteiger partial charge in [-0.2, -0.15) is 0 Å². The van der Waals surface area contributed by atoms with Crippen LogP contribution in [-0.4, -0.2) is 102 Å². The van der Waals surface area contributed by atoms with Crippen molar-refractivity contribution < 1.29 is 146 Å². The molecule has 6 atom stereocenters. The summed E-state index contributed by atoms with van der Waals surface area (Å²) in [6, 6.07) is 0. The quantitative estimate of drug-likeness (QED) is 0.174. The van der Waals surface area contributed by atoms with Gasteiger partial charge in [-0.05, 0) is 0 Å². The van der Waals surface area contributed by atoms with Crippen molar-refractivity contribution in [3.8, 4) is 0 Å². The summed E-state index contributed by atoms with van der Waals surface area (Å²) in [4.78, 5) is 29.4. The first-order valence-electron chi connectivity index (χ1n) is 5.72. The van der Waals surface area contributed by atoms with Gasteiger partial charge in [-0.25, -0.2) is 4.79 Å². The van der Waals surface area contributed by atoms with Gasteiger partial charge in [-0.1, -0.05) is 0 Å². The van der Waals surface area contributed by atoms with Crippen molar-refractivity contribution in [3.05, 3.63) is 0 Å². The summed E-state index contributed by atoms with van der Waals surface area (Å²) in [5.74, 6) is -5.80. The van der Waals surface area contributed by atoms with Crippen LogP contribution in [0.1, 0.15) is 0 Å². The minimum atomic E-state index is -2.38. The van der Waals surface area contributed by atoms with Crippen LogP contribution in [-0.2, 0) is 14.4 Å². The van der Waals surface area contributed by atoms with Crippen LogP contribution in [0.15, 0.2) is 0 Å². The summed E-state index contributed by atoms with van der Waals surface area (Å²) < 4.78 is 0. The minimum Gasteiger partial charge on any atom is -0.547 e. The number of aliphatic hydroxyl groups is 7. The first-order valence-corrected chi connectivity index (χ1v) is 5.72. The largest absolute Gasteiger partial charge is 1.00 e. The van der Waals surface area contributed by atoms with E-state index in [1.807, 2.05) is 0 Å². The smallest absolute Gasteiger partial charge is 0.547 e. The maximum absolute atomic E-state index is 9.98. The summed E-state index contributed by atoms with van der Waals surface area (Å²) in [7, 11) is 0. The fourth-order valence-electron chi connectivity index (χ4n) is 0.926. The molecule has 0 saturated heterocycles. The van der Waals surface area contributed by atoms with E-state index in [1.165, 1.54) is 0 Å². The molecule has 0 aliphatic rings. The molecule has 6 unspecified atom stereocenters. The van der Waals surface area contributed by atoms with Gasteiger partial charge in [-0.3, -0.25) is 0 Å². The number of aliphatic hydroxyl groups excluding tert-OH is 7. The Hall–Kier alpha value is 0.766. The molecule has 0 heterocycles. The second kappa shape index (κ2) is 16.9. The predicted octanol–water partition coefficient (Wildman–Crippen LogP) is -14.3. The molecule has 0 bridgehead atoms. The van der Waals surface area contributed by atoms with Crippen LogP contribution in [0.5, 0.6) is 0 Å². The molecule has 0 aliphatic carbocycles. The third kappa shape index (κ3) is 13.6. The van der Waals surface area contributed by atoms with E-state index in [2.05, 4.69) is 0 Å². The third-order valence-corrected chi connectivity index (χ3v) is 2.29. The Bertz CT molecular complexity index is 390. The molecule has 0 saturated carbocycles. The van der Waals surface area contributed by atoms with Crippen molar-refractivity contribution in [2.24, 2.45) is 0 Å². The van der Waals surface area contributed by atoms with Gasteiger partial charge in [0.15, 0.2) is 6.10 Å². The zero-order valence-corrected chi connectivity index (χ0v) is 18.4. The van der Waals surface area contributed by atoms with Gasteiger partial charge in [0.2, 0.25) is 0 Å². The number of carbonyl (C=O) groups excluding carboxylic acids is 2. The van der Waals surface area contributed by atoms with E-state index < -0.39 is 61.1 Å². The van der Waals surface area contributed by atoms with E-state index >= 15 is 0 Å². The molecule has 0 aromatic heterocycles. The predicted molar refractivity (Wildman–Crippen MR) is 60.8 cm³/mol. The molecule has 0 amide bonds. The Kier molecular flexibility index (Phi) is 22.6. The number of hydrogen-bond acceptors (Lipinski definition) is 12. The summed E-state index contributed by atoms with van der Waals surface area (Å²) >= 11 is 0. The van der Waals surface area contributed by atoms with E-state index in [-0.39, 0.29) is 80.9 Å². The maximum atomic E-state index is 9.98. The van der Waals surface area contributed by atoms with Crippen molar-refractivity contribution in [1.82, 2.24) is 0 Å². The average Bonchev–Trinajstić information content (AvgIpc) is 2.50. The summed E-state index contributed by atoms with van der Waals surface area (Å²) in [5.41, 5.74) is 0. The number of carbonyl (C=O) groups is 3. The monoisotopic (exact) mass is 406 g/mol. The average molecular weight is 406 g/mol. The maximum Gasteiger partial charge on any atom is 1.00 e. The number of carboxylic acids is 3. The normalized spacial score (nSPS) is 16.9. The van der Waals surface area contributed by atoms with Crippen LogP contribution in [0.4, 0.5) is 0 Å². The molecule has 136 valence electrons. The fraction of sp³-hybridized carbons (Fsp3) is 0.700. The van der Waals surface area contributed by atoms with Gasteiger partial charge in [0.25, 0.3) is 0 Å². The van der Waals surface area contributed by atoms with Gasteiger partial charge in [-0.15, -0.1) is 0 Å². The molecule has 0 aliphatic heterocycles. The minimum absolute atomic E-state index is 0. The van der Waals surface area contributed by atoms with Crippen molar-refractivity contribution in [3.63, 3.8) is 0 Å². The topological polar surface area (TPSA) is 259 Å². The van der Waals surface area contributed by atoms with Gasteiger partial charge < -0.3 is 60.7 Å². The fourth-order valence-corrected chi connectivity index (χ4v) is 0.926. The Morgan fingerprint density at radius 1 is 0.760 bits per heavy atom. The van der Waals surface area contributed by atoms with E-state index in [0.29, 0.717) is 0 Å². The number of hydrogen-bond donors (Lipinski definition) is 8. The first-order chi connectivity index (χ1) is 10.4. The van der Waals surface area contributed by atoms with Crippen LogP contribution < -0.4 is 91.2 Å². The number of carboxylic acid groups (broad SMARTS) is 3. The molecule has 0 radical (unpaired) electrons. The summed E-state index contributed by atoms with van der Waals surface area (Å²) in [5, 5.41) is 87.6. The molecule has 15 heteroatoms. The van der Waals surface area contributed by atoms with E-state index in [0.717, 1.165) is 0 Å². The second-order valence-electron chi connectivity index (χ2n) is 4.04. The third-order valence-electron chi connectivity index (χ3n) is 2.29. The van der Waals surface area contributed by atoms with Crippen molar-refractivity contribution >= 4 is 17.9 Å². The van der Waals surface area contributed by atoms with Crippen LogP contribution in [0, 0.1) is 0 Å². The number of aliphatic carboxylic acids is 3. The van der Waals surface area contributed by atoms with Crippen molar-refractivity contribution in [2.75, 3.05) is 6.61 Å². The molecule has 25 heavy (non-hydrogen) atoms. The molecule has 0 rings (SSSR count). The molecule has 8 N–H and O–H groups in total. The molecule has 0 aromatic rings. The van der Waals surface area contributed by atoms with Crippen LogP contribution in [0.2, 0.25) is 0 Å². The second-order valence-corrected chi connectivity index (χ2v) is 4.04. The van der Waals surface area contributed by atoms with Crippen LogP contribution >= 0.6 is 0 Å². The standard InChI is InChI=1S/C6H12O7.C4H6O6.K.Na/c7-1-2(8)3(9)4(10)5(11)6(12)13;5-1(3(7)8)2(6)4(9)10;;/h2-5,7-11H,1H2,(H,12,13);1-2,5-6H,(H,7,8)(H,9,10);;/q;;2*+1/p-2. The Balaban J connectivity index is -0.000000168. The Morgan fingerprint density at radius 2 is 1.12 bits per heavy atom. The van der Waals surface area contributed by atoms with Gasteiger partial charge in [0.1, 0.15) is 30.5 Å². The van der Waals surface area contributed by atoms with E-state index in [4.69, 9.17) is 40.9 Å². The zero-order chi connectivity index (χ0) is 18.9. The first kappa shape index (κ1) is 33.4. The molecular weight excluding hydrogens is 390 g/mol. The number of rotatable bonds is 8. The Labute approximate surface area is 205 Å². The zero-order valence-electron chi connectivity index (χ0n) is 13.3. The van der Waals surface area contributed by atoms with Crippen LogP contribution in [0.3, 0.4) is 0 Å². The van der Waals surface area contributed by atoms with Crippen molar-refractivity contribution in [2.45, 2.75) is 36.6 Å². The van der Waals surface area contributed by atoms with E-state index in [1.54, 1.807) is 0 Å². The molecular formula is C10H16KNaO13. The van der Waals surface area contributed by atoms with E-state index in [9.17, 15) is 24.6 Å². The molecule has 0 spiro atoms. The van der Waals surface area contributed by atoms with Gasteiger partial charge in [0, 0.05) is 0 Å². The van der Waals surface area contributed by atoms with Gasteiger partial charge >= 0.3 is 86.9 Å². The molecule has 0 fully saturated rings. The summed E-state index contributed by atoms with van der Waals surface area (Å²) in [6.07, 6.45) is -12.8.